The van der Waals surface area contributed by atoms with Crippen LogP contribution < -0.4 is 15.2 Å². The minimum absolute atomic E-state index is 0.144. The van der Waals surface area contributed by atoms with Gasteiger partial charge in [0.25, 0.3) is 15.9 Å². The summed E-state index contributed by atoms with van der Waals surface area (Å²) in [4.78, 5) is 12.9. The standard InChI is InChI=1S/C25H33N3O3S/c1-19-9-8-10-22(17-19)28(32(30,31)23-11-6-5-7-12-23)18-24(29)27-26-21-15-13-20(14-16-21)25(2,3)4/h5-12,15,17,20,26H,13-14,16,18H2,1-4H3,(H,27,29). The Kier molecular flexibility index (Phi) is 7.29. The van der Waals surface area contributed by atoms with Crippen molar-refractivity contribution in [3.63, 3.8) is 0 Å². The molecule has 6 nitrogen and oxygen atoms in total. The number of hydrazine groups is 1. The van der Waals surface area contributed by atoms with Gasteiger partial charge in [-0.1, -0.05) is 57.2 Å². The molecule has 0 aromatic heterocycles. The maximum absolute atomic E-state index is 13.3. The van der Waals surface area contributed by atoms with Crippen LogP contribution in [0.4, 0.5) is 5.69 Å². The van der Waals surface area contributed by atoms with Crippen LogP contribution in [0.15, 0.2) is 71.3 Å². The molecule has 0 radical (unpaired) electrons. The monoisotopic (exact) mass is 455 g/mol. The number of benzene rings is 2. The topological polar surface area (TPSA) is 78.5 Å². The van der Waals surface area contributed by atoms with E-state index in [-0.39, 0.29) is 16.9 Å². The van der Waals surface area contributed by atoms with Gasteiger partial charge in [0, 0.05) is 5.70 Å². The van der Waals surface area contributed by atoms with E-state index >= 15 is 0 Å². The molecule has 0 saturated carbocycles. The van der Waals surface area contributed by atoms with Crippen LogP contribution in [0.3, 0.4) is 0 Å². The molecule has 0 spiro atoms. The van der Waals surface area contributed by atoms with Crippen molar-refractivity contribution in [2.24, 2.45) is 11.3 Å². The van der Waals surface area contributed by atoms with Crippen molar-refractivity contribution in [2.45, 2.75) is 51.9 Å². The van der Waals surface area contributed by atoms with Crippen molar-refractivity contribution in [3.05, 3.63) is 71.9 Å². The fourth-order valence-electron chi connectivity index (χ4n) is 3.87. The molecule has 2 aromatic rings. The number of carbonyl (C=O) groups is 1. The van der Waals surface area contributed by atoms with Crippen molar-refractivity contribution in [1.82, 2.24) is 10.9 Å². The number of anilines is 1. The molecule has 172 valence electrons. The number of nitrogens with zero attached hydrogens (tertiary/aromatic N) is 1. The summed E-state index contributed by atoms with van der Waals surface area (Å²) in [6.45, 7) is 8.31. The van der Waals surface area contributed by atoms with Gasteiger partial charge in [0.2, 0.25) is 0 Å². The molecular weight excluding hydrogens is 422 g/mol. The summed E-state index contributed by atoms with van der Waals surface area (Å²) >= 11 is 0. The number of rotatable bonds is 7. The molecule has 2 N–H and O–H groups in total. The maximum Gasteiger partial charge on any atom is 0.264 e. The van der Waals surface area contributed by atoms with E-state index in [1.807, 2.05) is 13.0 Å². The summed E-state index contributed by atoms with van der Waals surface area (Å²) in [5.74, 6) is 0.182. The third kappa shape index (κ3) is 5.91. The first kappa shape index (κ1) is 23.9. The third-order valence-corrected chi connectivity index (χ3v) is 7.69. The summed E-state index contributed by atoms with van der Waals surface area (Å²) < 4.78 is 27.8. The number of nitrogens with one attached hydrogen (secondary N) is 2. The lowest BCUT2D eigenvalue weighted by atomic mass is 9.74. The molecular formula is C25H33N3O3S. The SMILES string of the molecule is Cc1cccc(N(CC(=O)NNC2=CCC(C(C)(C)C)CC2)S(=O)(=O)c2ccccc2)c1. The zero-order valence-corrected chi connectivity index (χ0v) is 20.1. The molecule has 1 unspecified atom stereocenters. The molecule has 7 heteroatoms. The second-order valence-corrected chi connectivity index (χ2v) is 11.3. The second kappa shape index (κ2) is 9.77. The molecule has 0 aliphatic heterocycles. The Morgan fingerprint density at radius 1 is 1.09 bits per heavy atom. The molecule has 1 aliphatic rings. The van der Waals surface area contributed by atoms with Gasteiger partial charge in [0.05, 0.1) is 10.6 Å². The molecule has 0 bridgehead atoms. The lowest BCUT2D eigenvalue weighted by molar-refractivity contribution is -0.120. The Labute approximate surface area is 191 Å². The summed E-state index contributed by atoms with van der Waals surface area (Å²) in [7, 11) is -3.90. The highest BCUT2D eigenvalue weighted by atomic mass is 32.2. The third-order valence-electron chi connectivity index (χ3n) is 5.91. The van der Waals surface area contributed by atoms with Gasteiger partial charge in [-0.15, -0.1) is 0 Å². The predicted molar refractivity (Wildman–Crippen MR) is 128 cm³/mol. The minimum atomic E-state index is -3.90. The number of carbonyl (C=O) groups excluding carboxylic acids is 1. The normalized spacial score (nSPS) is 16.8. The molecule has 2 aromatic carbocycles. The molecule has 0 saturated heterocycles. The van der Waals surface area contributed by atoms with Crippen LogP contribution in [0.25, 0.3) is 0 Å². The van der Waals surface area contributed by atoms with Gasteiger partial charge in [-0.2, -0.15) is 0 Å². The number of aryl methyl sites for hydroxylation is 1. The first-order chi connectivity index (χ1) is 15.1. The minimum Gasteiger partial charge on any atom is -0.303 e. The van der Waals surface area contributed by atoms with Gasteiger partial charge in [-0.05, 0) is 67.3 Å². The Bertz CT molecular complexity index is 1070. The van der Waals surface area contributed by atoms with Crippen LogP contribution in [0.5, 0.6) is 0 Å². The molecule has 32 heavy (non-hydrogen) atoms. The molecule has 3 rings (SSSR count). The summed E-state index contributed by atoms with van der Waals surface area (Å²) in [6.07, 6.45) is 4.99. The lowest BCUT2D eigenvalue weighted by Gasteiger charge is -2.33. The van der Waals surface area contributed by atoms with Crippen molar-refractivity contribution in [3.8, 4) is 0 Å². The van der Waals surface area contributed by atoms with Crippen LogP contribution >= 0.6 is 0 Å². The highest BCUT2D eigenvalue weighted by Gasteiger charge is 2.28. The highest BCUT2D eigenvalue weighted by Crippen LogP contribution is 2.36. The van der Waals surface area contributed by atoms with E-state index in [1.165, 1.54) is 12.1 Å². The smallest absolute Gasteiger partial charge is 0.264 e. The number of hydrogen-bond donors (Lipinski definition) is 2. The number of amides is 1. The predicted octanol–water partition coefficient (Wildman–Crippen LogP) is 4.54. The van der Waals surface area contributed by atoms with Crippen LogP contribution in [0, 0.1) is 18.3 Å². The van der Waals surface area contributed by atoms with E-state index in [9.17, 15) is 13.2 Å². The Balaban J connectivity index is 1.73. The molecule has 1 aliphatic carbocycles. The van der Waals surface area contributed by atoms with Crippen LogP contribution in [0.1, 0.15) is 45.6 Å². The molecule has 1 amide bonds. The molecule has 0 fully saturated rings. The number of hydrogen-bond acceptors (Lipinski definition) is 4. The van der Waals surface area contributed by atoms with Gasteiger partial charge in [0.15, 0.2) is 0 Å². The van der Waals surface area contributed by atoms with Gasteiger partial charge < -0.3 is 5.43 Å². The average Bonchev–Trinajstić information content (AvgIpc) is 2.76. The first-order valence-electron chi connectivity index (χ1n) is 11.0. The van der Waals surface area contributed by atoms with Gasteiger partial charge in [0.1, 0.15) is 6.54 Å². The summed E-state index contributed by atoms with van der Waals surface area (Å²) in [5, 5.41) is 0. The van der Waals surface area contributed by atoms with Crippen LogP contribution in [0.2, 0.25) is 0 Å². The van der Waals surface area contributed by atoms with Gasteiger partial charge in [-0.3, -0.25) is 14.5 Å². The lowest BCUT2D eigenvalue weighted by Crippen LogP contribution is -2.45. The van der Waals surface area contributed by atoms with E-state index in [0.29, 0.717) is 11.6 Å². The largest absolute Gasteiger partial charge is 0.303 e. The zero-order valence-electron chi connectivity index (χ0n) is 19.3. The molecule has 0 heterocycles. The number of allylic oxidation sites excluding steroid dienone is 2. The maximum atomic E-state index is 13.3. The van der Waals surface area contributed by atoms with E-state index in [4.69, 9.17) is 0 Å². The van der Waals surface area contributed by atoms with Crippen molar-refractivity contribution in [2.75, 3.05) is 10.8 Å². The highest BCUT2D eigenvalue weighted by molar-refractivity contribution is 7.92. The Hall–Kier alpha value is -2.80. The van der Waals surface area contributed by atoms with E-state index in [2.05, 4.69) is 37.7 Å². The van der Waals surface area contributed by atoms with Crippen molar-refractivity contribution >= 4 is 21.6 Å². The summed E-state index contributed by atoms with van der Waals surface area (Å²) in [5.41, 5.74) is 8.26. The quantitative estimate of drug-likeness (QED) is 0.601. The fourth-order valence-corrected chi connectivity index (χ4v) is 5.31. The van der Waals surface area contributed by atoms with E-state index in [0.717, 1.165) is 34.8 Å². The molecule has 1 atom stereocenters. The zero-order chi connectivity index (χ0) is 23.4. The van der Waals surface area contributed by atoms with Crippen LogP contribution in [-0.4, -0.2) is 20.9 Å². The first-order valence-corrected chi connectivity index (χ1v) is 12.4. The van der Waals surface area contributed by atoms with Crippen molar-refractivity contribution < 1.29 is 13.2 Å². The fraction of sp³-hybridized carbons (Fsp3) is 0.400. The average molecular weight is 456 g/mol. The van der Waals surface area contributed by atoms with Crippen molar-refractivity contribution in [1.29, 1.82) is 0 Å². The van der Waals surface area contributed by atoms with E-state index in [1.54, 1.807) is 36.4 Å². The van der Waals surface area contributed by atoms with Gasteiger partial charge in [-0.25, -0.2) is 8.42 Å². The van der Waals surface area contributed by atoms with Gasteiger partial charge >= 0.3 is 0 Å². The second-order valence-electron chi connectivity index (χ2n) is 9.40. The Morgan fingerprint density at radius 3 is 2.41 bits per heavy atom. The van der Waals surface area contributed by atoms with Crippen LogP contribution in [-0.2, 0) is 14.8 Å². The summed E-state index contributed by atoms with van der Waals surface area (Å²) in [6, 6.07) is 15.3. The number of sulfonamides is 1. The Morgan fingerprint density at radius 2 is 1.81 bits per heavy atom. The van der Waals surface area contributed by atoms with E-state index < -0.39 is 15.9 Å².